The molecule has 0 aliphatic carbocycles. The molecule has 0 saturated heterocycles. The highest BCUT2D eigenvalue weighted by molar-refractivity contribution is 5.82. The Morgan fingerprint density at radius 1 is 1.50 bits per heavy atom. The molecule has 0 saturated carbocycles. The highest BCUT2D eigenvalue weighted by Gasteiger charge is 2.25. The Hall–Kier alpha value is -1.98. The summed E-state index contributed by atoms with van der Waals surface area (Å²) in [6.45, 7) is 3.89. The van der Waals surface area contributed by atoms with Crippen molar-refractivity contribution in [3.63, 3.8) is 0 Å². The molecule has 18 heavy (non-hydrogen) atoms. The molecular weight excluding hydrogens is 236 g/mol. The van der Waals surface area contributed by atoms with Gasteiger partial charge in [0.1, 0.15) is 11.8 Å². The highest BCUT2D eigenvalue weighted by atomic mass is 16.4. The third-order valence-electron chi connectivity index (χ3n) is 2.77. The van der Waals surface area contributed by atoms with Gasteiger partial charge in [0.25, 0.3) is 0 Å². The average molecular weight is 254 g/mol. The van der Waals surface area contributed by atoms with Crippen molar-refractivity contribution in [2.45, 2.75) is 32.9 Å². The average Bonchev–Trinajstić information content (AvgIpc) is 2.85. The first-order valence-electron chi connectivity index (χ1n) is 5.84. The first-order chi connectivity index (χ1) is 8.54. The van der Waals surface area contributed by atoms with Crippen LogP contribution in [-0.4, -0.2) is 23.1 Å². The topological polar surface area (TPSA) is 91.6 Å². The number of hydrogen-bond acceptors (Lipinski definition) is 3. The number of urea groups is 1. The second-order valence-electron chi connectivity index (χ2n) is 4.11. The summed E-state index contributed by atoms with van der Waals surface area (Å²) in [5.41, 5.74) is 0. The fourth-order valence-electron chi connectivity index (χ4n) is 1.46. The quantitative estimate of drug-likeness (QED) is 0.718. The molecule has 0 spiro atoms. The smallest absolute Gasteiger partial charge is 0.326 e. The van der Waals surface area contributed by atoms with Crippen LogP contribution in [0.25, 0.3) is 0 Å². The summed E-state index contributed by atoms with van der Waals surface area (Å²) >= 11 is 0. The van der Waals surface area contributed by atoms with E-state index in [2.05, 4.69) is 10.6 Å². The molecule has 100 valence electrons. The Morgan fingerprint density at radius 3 is 2.72 bits per heavy atom. The minimum Gasteiger partial charge on any atom is -0.480 e. The van der Waals surface area contributed by atoms with Crippen LogP contribution in [0.4, 0.5) is 4.79 Å². The van der Waals surface area contributed by atoms with Crippen molar-refractivity contribution in [1.82, 2.24) is 10.6 Å². The molecule has 0 aromatic carbocycles. The molecule has 3 N–H and O–H groups in total. The van der Waals surface area contributed by atoms with Crippen LogP contribution < -0.4 is 10.6 Å². The molecule has 0 aliphatic rings. The molecule has 2 atom stereocenters. The van der Waals surface area contributed by atoms with E-state index in [0.717, 1.165) is 0 Å². The number of furan rings is 1. The zero-order chi connectivity index (χ0) is 13.5. The molecule has 6 heteroatoms. The van der Waals surface area contributed by atoms with Gasteiger partial charge in [0.15, 0.2) is 0 Å². The van der Waals surface area contributed by atoms with Crippen LogP contribution in [0.5, 0.6) is 0 Å². The van der Waals surface area contributed by atoms with Gasteiger partial charge in [-0.2, -0.15) is 0 Å². The molecule has 1 aromatic rings. The Balaban J connectivity index is 2.44. The molecule has 6 nitrogen and oxygen atoms in total. The van der Waals surface area contributed by atoms with Gasteiger partial charge in [-0.1, -0.05) is 20.3 Å². The standard InChI is InChI=1S/C12H18N2O4/c1-3-8(2)10(11(15)16)14-12(17)13-7-9-5-4-6-18-9/h4-6,8,10H,3,7H2,1-2H3,(H,15,16)(H2,13,14,17)/t8-,10-/m0/s1. The van der Waals surface area contributed by atoms with E-state index in [0.29, 0.717) is 12.2 Å². The number of carbonyl (C=O) groups is 2. The predicted molar refractivity (Wildman–Crippen MR) is 65.0 cm³/mol. The maximum atomic E-state index is 11.5. The number of rotatable bonds is 6. The first kappa shape index (κ1) is 14.1. The van der Waals surface area contributed by atoms with Gasteiger partial charge >= 0.3 is 12.0 Å². The lowest BCUT2D eigenvalue weighted by Gasteiger charge is -2.20. The summed E-state index contributed by atoms with van der Waals surface area (Å²) in [7, 11) is 0. The Bertz CT molecular complexity index is 389. The lowest BCUT2D eigenvalue weighted by molar-refractivity contribution is -0.140. The molecule has 1 aromatic heterocycles. The lowest BCUT2D eigenvalue weighted by Crippen LogP contribution is -2.48. The van der Waals surface area contributed by atoms with E-state index in [9.17, 15) is 9.59 Å². The summed E-state index contributed by atoms with van der Waals surface area (Å²) < 4.78 is 5.05. The van der Waals surface area contributed by atoms with E-state index < -0.39 is 18.0 Å². The van der Waals surface area contributed by atoms with Crippen molar-refractivity contribution in [1.29, 1.82) is 0 Å². The molecule has 2 amide bonds. The zero-order valence-electron chi connectivity index (χ0n) is 10.5. The monoisotopic (exact) mass is 254 g/mol. The van der Waals surface area contributed by atoms with Gasteiger partial charge in [0.05, 0.1) is 12.8 Å². The second-order valence-corrected chi connectivity index (χ2v) is 4.11. The van der Waals surface area contributed by atoms with Crippen LogP contribution in [0, 0.1) is 5.92 Å². The zero-order valence-corrected chi connectivity index (χ0v) is 10.5. The van der Waals surface area contributed by atoms with Gasteiger partial charge in [0.2, 0.25) is 0 Å². The van der Waals surface area contributed by atoms with Crippen molar-refractivity contribution in [2.24, 2.45) is 5.92 Å². The number of amides is 2. The third-order valence-corrected chi connectivity index (χ3v) is 2.77. The Kier molecular flexibility index (Phi) is 5.23. The fraction of sp³-hybridized carbons (Fsp3) is 0.500. The van der Waals surface area contributed by atoms with Gasteiger partial charge < -0.3 is 20.2 Å². The second kappa shape index (κ2) is 6.68. The van der Waals surface area contributed by atoms with Crippen LogP contribution >= 0.6 is 0 Å². The Labute approximate surface area is 105 Å². The summed E-state index contributed by atoms with van der Waals surface area (Å²) in [6.07, 6.45) is 2.18. The molecule has 1 heterocycles. The number of carboxylic acid groups (broad SMARTS) is 1. The van der Waals surface area contributed by atoms with Gasteiger partial charge in [-0.05, 0) is 18.1 Å². The van der Waals surface area contributed by atoms with E-state index >= 15 is 0 Å². The summed E-state index contributed by atoms with van der Waals surface area (Å²) in [5.74, 6) is -0.546. The van der Waals surface area contributed by atoms with Crippen LogP contribution in [-0.2, 0) is 11.3 Å². The number of carbonyl (C=O) groups excluding carboxylic acids is 1. The van der Waals surface area contributed by atoms with Crippen molar-refractivity contribution in [3.05, 3.63) is 24.2 Å². The molecule has 0 aliphatic heterocycles. The van der Waals surface area contributed by atoms with Crippen LogP contribution in [0.3, 0.4) is 0 Å². The van der Waals surface area contributed by atoms with Gasteiger partial charge in [-0.3, -0.25) is 0 Å². The van der Waals surface area contributed by atoms with Gasteiger partial charge in [0, 0.05) is 0 Å². The molecule has 1 rings (SSSR count). The van der Waals surface area contributed by atoms with Crippen molar-refractivity contribution in [2.75, 3.05) is 0 Å². The van der Waals surface area contributed by atoms with E-state index in [1.165, 1.54) is 6.26 Å². The van der Waals surface area contributed by atoms with Crippen molar-refractivity contribution >= 4 is 12.0 Å². The molecular formula is C12H18N2O4. The number of nitrogens with one attached hydrogen (secondary N) is 2. The Morgan fingerprint density at radius 2 is 2.22 bits per heavy atom. The minimum atomic E-state index is -1.03. The molecule has 0 unspecified atom stereocenters. The van der Waals surface area contributed by atoms with E-state index in [1.54, 1.807) is 19.1 Å². The largest absolute Gasteiger partial charge is 0.480 e. The van der Waals surface area contributed by atoms with Crippen molar-refractivity contribution in [3.8, 4) is 0 Å². The van der Waals surface area contributed by atoms with E-state index in [1.807, 2.05) is 6.92 Å². The lowest BCUT2D eigenvalue weighted by atomic mass is 9.99. The number of aliphatic carboxylic acids is 1. The fourth-order valence-corrected chi connectivity index (χ4v) is 1.46. The van der Waals surface area contributed by atoms with Crippen LogP contribution in [0.2, 0.25) is 0 Å². The normalized spacial score (nSPS) is 13.7. The summed E-state index contributed by atoms with van der Waals surface area (Å²) in [4.78, 5) is 22.6. The maximum absolute atomic E-state index is 11.5. The van der Waals surface area contributed by atoms with Crippen LogP contribution in [0.15, 0.2) is 22.8 Å². The molecule has 0 fully saturated rings. The van der Waals surface area contributed by atoms with Crippen molar-refractivity contribution < 1.29 is 19.1 Å². The third kappa shape index (κ3) is 4.12. The number of carboxylic acids is 1. The van der Waals surface area contributed by atoms with Crippen LogP contribution in [0.1, 0.15) is 26.0 Å². The minimum absolute atomic E-state index is 0.128. The van der Waals surface area contributed by atoms with E-state index in [-0.39, 0.29) is 12.5 Å². The van der Waals surface area contributed by atoms with E-state index in [4.69, 9.17) is 9.52 Å². The molecule has 0 radical (unpaired) electrons. The summed E-state index contributed by atoms with van der Waals surface area (Å²) in [5, 5.41) is 14.0. The predicted octanol–water partition coefficient (Wildman–Crippen LogP) is 1.58. The highest BCUT2D eigenvalue weighted by Crippen LogP contribution is 2.07. The van der Waals surface area contributed by atoms with Gasteiger partial charge in [-0.25, -0.2) is 9.59 Å². The summed E-state index contributed by atoms with van der Waals surface area (Å²) in [6, 6.07) is 2.04. The van der Waals surface area contributed by atoms with Gasteiger partial charge in [-0.15, -0.1) is 0 Å². The molecule has 0 bridgehead atoms. The first-order valence-corrected chi connectivity index (χ1v) is 5.84. The number of hydrogen-bond donors (Lipinski definition) is 3. The maximum Gasteiger partial charge on any atom is 0.326 e. The SMILES string of the molecule is CC[C@H](C)[C@H](NC(=O)NCc1ccco1)C(=O)O.